The van der Waals surface area contributed by atoms with Gasteiger partial charge in [0.2, 0.25) is 0 Å². The van der Waals surface area contributed by atoms with Crippen molar-refractivity contribution in [3.8, 4) is 0 Å². The second kappa shape index (κ2) is 4.86. The minimum atomic E-state index is -0.199. The SMILES string of the molecule is CN1CC(CN)N(c2ccc(F)cc2)C(C)(C)C1. The van der Waals surface area contributed by atoms with Crippen LogP contribution in [0.1, 0.15) is 13.8 Å². The molecule has 1 fully saturated rings. The summed E-state index contributed by atoms with van der Waals surface area (Å²) in [5, 5.41) is 0. The zero-order valence-electron chi connectivity index (χ0n) is 11.4. The molecule has 0 aromatic heterocycles. The topological polar surface area (TPSA) is 32.5 Å². The standard InChI is InChI=1S/C14H22FN3/c1-14(2)10-17(3)9-13(8-16)18(14)12-6-4-11(15)5-7-12/h4-7,13H,8-10,16H2,1-3H3. The van der Waals surface area contributed by atoms with Crippen molar-refractivity contribution in [3.63, 3.8) is 0 Å². The van der Waals surface area contributed by atoms with Crippen molar-refractivity contribution in [2.24, 2.45) is 5.73 Å². The molecule has 0 radical (unpaired) electrons. The minimum Gasteiger partial charge on any atom is -0.360 e. The lowest BCUT2D eigenvalue weighted by atomic mass is 9.94. The fourth-order valence-electron chi connectivity index (χ4n) is 3.08. The number of piperazine rings is 1. The van der Waals surface area contributed by atoms with Gasteiger partial charge in [0.05, 0.1) is 6.04 Å². The molecule has 0 aliphatic carbocycles. The number of rotatable bonds is 2. The Hall–Kier alpha value is -1.13. The molecule has 3 nitrogen and oxygen atoms in total. The first kappa shape index (κ1) is 13.3. The molecule has 1 aromatic carbocycles. The summed E-state index contributed by atoms with van der Waals surface area (Å²) in [6, 6.07) is 6.97. The molecule has 1 aliphatic rings. The van der Waals surface area contributed by atoms with Gasteiger partial charge < -0.3 is 15.5 Å². The van der Waals surface area contributed by atoms with Gasteiger partial charge in [0, 0.05) is 30.9 Å². The van der Waals surface area contributed by atoms with E-state index in [1.54, 1.807) is 0 Å². The number of halogens is 1. The molecule has 1 aliphatic heterocycles. The van der Waals surface area contributed by atoms with Gasteiger partial charge in [0.25, 0.3) is 0 Å². The van der Waals surface area contributed by atoms with E-state index >= 15 is 0 Å². The quantitative estimate of drug-likeness (QED) is 0.868. The highest BCUT2D eigenvalue weighted by atomic mass is 19.1. The monoisotopic (exact) mass is 251 g/mol. The lowest BCUT2D eigenvalue weighted by Crippen LogP contribution is -2.65. The molecule has 100 valence electrons. The van der Waals surface area contributed by atoms with Gasteiger partial charge in [-0.2, -0.15) is 0 Å². The number of likely N-dealkylation sites (N-methyl/N-ethyl adjacent to an activating group) is 1. The Balaban J connectivity index is 2.34. The Morgan fingerprint density at radius 1 is 1.33 bits per heavy atom. The van der Waals surface area contributed by atoms with Crippen LogP contribution in [0.25, 0.3) is 0 Å². The number of nitrogens with zero attached hydrogens (tertiary/aromatic N) is 2. The summed E-state index contributed by atoms with van der Waals surface area (Å²) in [5.74, 6) is -0.199. The summed E-state index contributed by atoms with van der Waals surface area (Å²) < 4.78 is 13.0. The smallest absolute Gasteiger partial charge is 0.123 e. The lowest BCUT2D eigenvalue weighted by Gasteiger charge is -2.52. The summed E-state index contributed by atoms with van der Waals surface area (Å²) in [6.45, 7) is 6.92. The van der Waals surface area contributed by atoms with Gasteiger partial charge in [-0.3, -0.25) is 0 Å². The molecule has 2 N–H and O–H groups in total. The first-order valence-electron chi connectivity index (χ1n) is 6.37. The number of anilines is 1. The first-order chi connectivity index (χ1) is 8.44. The fraction of sp³-hybridized carbons (Fsp3) is 0.571. The maximum Gasteiger partial charge on any atom is 0.123 e. The summed E-state index contributed by atoms with van der Waals surface area (Å²) >= 11 is 0. The average Bonchev–Trinajstić information content (AvgIpc) is 2.28. The largest absolute Gasteiger partial charge is 0.360 e. The van der Waals surface area contributed by atoms with Crippen LogP contribution in [-0.4, -0.2) is 43.2 Å². The molecule has 18 heavy (non-hydrogen) atoms. The van der Waals surface area contributed by atoms with E-state index in [1.165, 1.54) is 12.1 Å². The molecule has 2 rings (SSSR count). The van der Waals surface area contributed by atoms with Crippen LogP contribution in [0.3, 0.4) is 0 Å². The third kappa shape index (κ3) is 2.49. The van der Waals surface area contributed by atoms with Crippen LogP contribution < -0.4 is 10.6 Å². The molecular weight excluding hydrogens is 229 g/mol. The molecule has 1 heterocycles. The molecular formula is C14H22FN3. The second-order valence-electron chi connectivity index (χ2n) is 5.75. The van der Waals surface area contributed by atoms with Crippen LogP contribution in [0.2, 0.25) is 0 Å². The summed E-state index contributed by atoms with van der Waals surface area (Å²) in [6.07, 6.45) is 0. The minimum absolute atomic E-state index is 0.00509. The van der Waals surface area contributed by atoms with Gasteiger partial charge in [0.15, 0.2) is 0 Å². The summed E-state index contributed by atoms with van der Waals surface area (Å²) in [7, 11) is 2.12. The van der Waals surface area contributed by atoms with E-state index < -0.39 is 0 Å². The second-order valence-corrected chi connectivity index (χ2v) is 5.75. The van der Waals surface area contributed by atoms with Crippen LogP contribution in [-0.2, 0) is 0 Å². The number of benzene rings is 1. The maximum absolute atomic E-state index is 13.0. The van der Waals surface area contributed by atoms with Crippen molar-refractivity contribution in [2.45, 2.75) is 25.4 Å². The van der Waals surface area contributed by atoms with Gasteiger partial charge >= 0.3 is 0 Å². The van der Waals surface area contributed by atoms with E-state index in [-0.39, 0.29) is 17.4 Å². The van der Waals surface area contributed by atoms with Crippen molar-refractivity contribution in [1.29, 1.82) is 0 Å². The third-order valence-electron chi connectivity index (χ3n) is 3.57. The molecule has 1 atom stereocenters. The molecule has 0 bridgehead atoms. The van der Waals surface area contributed by atoms with E-state index in [4.69, 9.17) is 5.73 Å². The van der Waals surface area contributed by atoms with Gasteiger partial charge in [0.1, 0.15) is 5.82 Å². The lowest BCUT2D eigenvalue weighted by molar-refractivity contribution is 0.182. The summed E-state index contributed by atoms with van der Waals surface area (Å²) in [5.41, 5.74) is 6.94. The van der Waals surface area contributed by atoms with E-state index in [1.807, 2.05) is 12.1 Å². The van der Waals surface area contributed by atoms with Crippen molar-refractivity contribution in [3.05, 3.63) is 30.1 Å². The first-order valence-corrected chi connectivity index (χ1v) is 6.37. The Morgan fingerprint density at radius 3 is 2.50 bits per heavy atom. The highest BCUT2D eigenvalue weighted by Crippen LogP contribution is 2.30. The maximum atomic E-state index is 13.0. The molecule has 1 saturated heterocycles. The molecule has 0 spiro atoms. The molecule has 1 aromatic rings. The summed E-state index contributed by atoms with van der Waals surface area (Å²) in [4.78, 5) is 4.63. The molecule has 0 saturated carbocycles. The third-order valence-corrected chi connectivity index (χ3v) is 3.57. The average molecular weight is 251 g/mol. The van der Waals surface area contributed by atoms with Gasteiger partial charge in [-0.15, -0.1) is 0 Å². The molecule has 4 heteroatoms. The van der Waals surface area contributed by atoms with Gasteiger partial charge in [-0.1, -0.05) is 0 Å². The Kier molecular flexibility index (Phi) is 3.59. The number of nitrogens with two attached hydrogens (primary N) is 1. The highest BCUT2D eigenvalue weighted by molar-refractivity contribution is 5.51. The Bertz CT molecular complexity index is 402. The highest BCUT2D eigenvalue weighted by Gasteiger charge is 2.38. The normalized spacial score (nSPS) is 24.3. The van der Waals surface area contributed by atoms with Crippen LogP contribution in [0.5, 0.6) is 0 Å². The van der Waals surface area contributed by atoms with E-state index in [2.05, 4.69) is 30.7 Å². The number of hydrogen-bond acceptors (Lipinski definition) is 3. The van der Waals surface area contributed by atoms with Crippen molar-refractivity contribution in [1.82, 2.24) is 4.90 Å². The molecule has 0 amide bonds. The van der Waals surface area contributed by atoms with Gasteiger partial charge in [-0.25, -0.2) is 4.39 Å². The van der Waals surface area contributed by atoms with Crippen molar-refractivity contribution >= 4 is 5.69 Å². The van der Waals surface area contributed by atoms with E-state index in [0.717, 1.165) is 18.8 Å². The predicted molar refractivity (Wildman–Crippen MR) is 73.3 cm³/mol. The Morgan fingerprint density at radius 2 is 1.94 bits per heavy atom. The van der Waals surface area contributed by atoms with Crippen LogP contribution >= 0.6 is 0 Å². The van der Waals surface area contributed by atoms with Crippen molar-refractivity contribution in [2.75, 3.05) is 31.6 Å². The van der Waals surface area contributed by atoms with E-state index in [0.29, 0.717) is 6.54 Å². The van der Waals surface area contributed by atoms with Crippen LogP contribution in [0.4, 0.5) is 10.1 Å². The zero-order chi connectivity index (χ0) is 13.3. The Labute approximate surface area is 108 Å². The zero-order valence-corrected chi connectivity index (χ0v) is 11.4. The predicted octanol–water partition coefficient (Wildman–Crippen LogP) is 1.68. The fourth-order valence-corrected chi connectivity index (χ4v) is 3.08. The van der Waals surface area contributed by atoms with Crippen LogP contribution in [0, 0.1) is 5.82 Å². The van der Waals surface area contributed by atoms with Crippen molar-refractivity contribution < 1.29 is 4.39 Å². The number of hydrogen-bond donors (Lipinski definition) is 1. The molecule has 1 unspecified atom stereocenters. The van der Waals surface area contributed by atoms with Crippen LogP contribution in [0.15, 0.2) is 24.3 Å². The van der Waals surface area contributed by atoms with E-state index in [9.17, 15) is 4.39 Å². The van der Waals surface area contributed by atoms with Gasteiger partial charge in [-0.05, 0) is 45.2 Å².